The van der Waals surface area contributed by atoms with Gasteiger partial charge in [-0.05, 0) is 19.8 Å². The Balaban J connectivity index is 3.87. The third-order valence-corrected chi connectivity index (χ3v) is 2.17. The Morgan fingerprint density at radius 1 is 1.38 bits per heavy atom. The first-order valence-electron chi connectivity index (χ1n) is 5.67. The summed E-state index contributed by atoms with van der Waals surface area (Å²) in [6, 6.07) is -0.409. The molecule has 4 N–H and O–H groups in total. The van der Waals surface area contributed by atoms with E-state index in [1.807, 2.05) is 27.7 Å². The Morgan fingerprint density at radius 2 is 1.94 bits per heavy atom. The van der Waals surface area contributed by atoms with Gasteiger partial charge in [0.25, 0.3) is 0 Å². The van der Waals surface area contributed by atoms with Crippen LogP contribution in [0.4, 0.5) is 0 Å². The first-order chi connectivity index (χ1) is 7.34. The van der Waals surface area contributed by atoms with Gasteiger partial charge in [0, 0.05) is 6.54 Å². The molecule has 0 aromatic carbocycles. The summed E-state index contributed by atoms with van der Waals surface area (Å²) in [5, 5.41) is 12.5. The van der Waals surface area contributed by atoms with Crippen molar-refractivity contribution >= 4 is 5.91 Å². The molecular formula is C11H24N2O3. The molecule has 0 aromatic heterocycles. The number of nitrogens with one attached hydrogen (secondary N) is 1. The highest BCUT2D eigenvalue weighted by Crippen LogP contribution is 2.01. The standard InChI is InChI=1S/C11H24N2O3/c1-7(2)10(11(12)15)13-5-9(14)6-16-8(3)4/h7-10,13-14H,5-6H2,1-4H3,(H2,12,15). The second kappa shape index (κ2) is 7.60. The summed E-state index contributed by atoms with van der Waals surface area (Å²) in [6.45, 7) is 8.17. The molecule has 0 spiro atoms. The van der Waals surface area contributed by atoms with Gasteiger partial charge in [-0.15, -0.1) is 0 Å². The Hall–Kier alpha value is -0.650. The number of hydrogen-bond donors (Lipinski definition) is 3. The van der Waals surface area contributed by atoms with Crippen LogP contribution in [0.5, 0.6) is 0 Å². The third-order valence-electron chi connectivity index (χ3n) is 2.17. The van der Waals surface area contributed by atoms with Gasteiger partial charge < -0.3 is 20.9 Å². The highest BCUT2D eigenvalue weighted by molar-refractivity contribution is 5.80. The van der Waals surface area contributed by atoms with Crippen molar-refractivity contribution in [2.24, 2.45) is 11.7 Å². The first-order valence-corrected chi connectivity index (χ1v) is 5.67. The maximum Gasteiger partial charge on any atom is 0.234 e. The number of ether oxygens (including phenoxy) is 1. The lowest BCUT2D eigenvalue weighted by molar-refractivity contribution is -0.121. The summed E-state index contributed by atoms with van der Waals surface area (Å²) >= 11 is 0. The van der Waals surface area contributed by atoms with Crippen LogP contribution in [-0.4, -0.2) is 42.4 Å². The molecule has 0 saturated carbocycles. The van der Waals surface area contributed by atoms with Crippen LogP contribution >= 0.6 is 0 Å². The zero-order valence-corrected chi connectivity index (χ0v) is 10.6. The van der Waals surface area contributed by atoms with Gasteiger partial charge in [-0.1, -0.05) is 13.8 Å². The number of nitrogens with two attached hydrogens (primary N) is 1. The zero-order chi connectivity index (χ0) is 12.7. The SMILES string of the molecule is CC(C)OCC(O)CNC(C(N)=O)C(C)C. The number of aliphatic hydroxyl groups excluding tert-OH is 1. The van der Waals surface area contributed by atoms with Gasteiger partial charge >= 0.3 is 0 Å². The lowest BCUT2D eigenvalue weighted by atomic mass is 10.0. The molecule has 2 unspecified atom stereocenters. The summed E-state index contributed by atoms with van der Waals surface area (Å²) in [7, 11) is 0. The summed E-state index contributed by atoms with van der Waals surface area (Å²) < 4.78 is 5.25. The van der Waals surface area contributed by atoms with Gasteiger partial charge in [0.05, 0.1) is 24.9 Å². The fourth-order valence-corrected chi connectivity index (χ4v) is 1.29. The molecule has 0 aromatic rings. The van der Waals surface area contributed by atoms with E-state index in [1.165, 1.54) is 0 Å². The topological polar surface area (TPSA) is 84.6 Å². The molecule has 1 amide bonds. The van der Waals surface area contributed by atoms with E-state index >= 15 is 0 Å². The monoisotopic (exact) mass is 232 g/mol. The van der Waals surface area contributed by atoms with E-state index in [4.69, 9.17) is 10.5 Å². The van der Waals surface area contributed by atoms with Gasteiger partial charge in [0.2, 0.25) is 5.91 Å². The number of hydrogen-bond acceptors (Lipinski definition) is 4. The minimum absolute atomic E-state index is 0.0895. The van der Waals surface area contributed by atoms with E-state index in [2.05, 4.69) is 5.32 Å². The van der Waals surface area contributed by atoms with Crippen molar-refractivity contribution in [3.63, 3.8) is 0 Å². The second-order valence-electron chi connectivity index (χ2n) is 4.57. The van der Waals surface area contributed by atoms with Crippen molar-refractivity contribution < 1.29 is 14.6 Å². The van der Waals surface area contributed by atoms with Crippen molar-refractivity contribution in [3.05, 3.63) is 0 Å². The van der Waals surface area contributed by atoms with Crippen molar-refractivity contribution in [2.45, 2.75) is 45.9 Å². The molecule has 0 aliphatic heterocycles. The average Bonchev–Trinajstić information content (AvgIpc) is 2.13. The van der Waals surface area contributed by atoms with Crippen LogP contribution in [0.1, 0.15) is 27.7 Å². The van der Waals surface area contributed by atoms with Crippen LogP contribution in [0.15, 0.2) is 0 Å². The summed E-state index contributed by atoms with van der Waals surface area (Å²) in [5.41, 5.74) is 5.23. The normalized spacial score (nSPS) is 15.4. The summed E-state index contributed by atoms with van der Waals surface area (Å²) in [5.74, 6) is -0.289. The quantitative estimate of drug-likeness (QED) is 0.544. The summed E-state index contributed by atoms with van der Waals surface area (Å²) in [6.07, 6.45) is -0.533. The third kappa shape index (κ3) is 6.76. The molecule has 5 nitrogen and oxygen atoms in total. The Bertz CT molecular complexity index is 207. The molecular weight excluding hydrogens is 208 g/mol. The van der Waals surface area contributed by atoms with Gasteiger partial charge in [0.15, 0.2) is 0 Å². The summed E-state index contributed by atoms with van der Waals surface area (Å²) in [4.78, 5) is 11.1. The molecule has 0 rings (SSSR count). The molecule has 2 atom stereocenters. The van der Waals surface area contributed by atoms with Crippen molar-refractivity contribution in [3.8, 4) is 0 Å². The zero-order valence-electron chi connectivity index (χ0n) is 10.6. The lowest BCUT2D eigenvalue weighted by Gasteiger charge is -2.21. The number of amides is 1. The molecule has 0 bridgehead atoms. The molecule has 0 saturated heterocycles. The predicted molar refractivity (Wildman–Crippen MR) is 62.9 cm³/mol. The van der Waals surface area contributed by atoms with Crippen molar-refractivity contribution in [2.75, 3.05) is 13.2 Å². The van der Waals surface area contributed by atoms with E-state index in [-0.39, 0.29) is 18.6 Å². The Morgan fingerprint density at radius 3 is 2.31 bits per heavy atom. The lowest BCUT2D eigenvalue weighted by Crippen LogP contribution is -2.48. The van der Waals surface area contributed by atoms with Gasteiger partial charge in [-0.3, -0.25) is 4.79 Å². The fraction of sp³-hybridized carbons (Fsp3) is 0.909. The van der Waals surface area contributed by atoms with E-state index in [1.54, 1.807) is 0 Å². The van der Waals surface area contributed by atoms with Gasteiger partial charge in [0.1, 0.15) is 0 Å². The van der Waals surface area contributed by atoms with Crippen LogP contribution < -0.4 is 11.1 Å². The second-order valence-corrected chi connectivity index (χ2v) is 4.57. The Labute approximate surface area is 97.3 Å². The molecule has 0 fully saturated rings. The minimum Gasteiger partial charge on any atom is -0.389 e. The molecule has 0 heterocycles. The highest BCUT2D eigenvalue weighted by Gasteiger charge is 2.19. The largest absolute Gasteiger partial charge is 0.389 e. The molecule has 0 aliphatic carbocycles. The maximum absolute atomic E-state index is 11.1. The molecule has 16 heavy (non-hydrogen) atoms. The van der Waals surface area contributed by atoms with Crippen LogP contribution in [0.3, 0.4) is 0 Å². The van der Waals surface area contributed by atoms with Crippen LogP contribution in [0, 0.1) is 5.92 Å². The predicted octanol–water partition coefficient (Wildman–Crippen LogP) is -0.128. The van der Waals surface area contributed by atoms with Crippen LogP contribution in [-0.2, 0) is 9.53 Å². The number of carbonyl (C=O) groups excluding carboxylic acids is 1. The average molecular weight is 232 g/mol. The van der Waals surface area contributed by atoms with E-state index in [0.29, 0.717) is 6.54 Å². The highest BCUT2D eigenvalue weighted by atomic mass is 16.5. The molecule has 96 valence electrons. The number of aliphatic hydroxyl groups is 1. The van der Waals surface area contributed by atoms with Crippen molar-refractivity contribution in [1.29, 1.82) is 0 Å². The number of primary amides is 1. The first kappa shape index (κ1) is 15.3. The van der Waals surface area contributed by atoms with E-state index < -0.39 is 18.1 Å². The maximum atomic E-state index is 11.1. The smallest absolute Gasteiger partial charge is 0.234 e. The van der Waals surface area contributed by atoms with E-state index in [9.17, 15) is 9.90 Å². The molecule has 5 heteroatoms. The van der Waals surface area contributed by atoms with E-state index in [0.717, 1.165) is 0 Å². The van der Waals surface area contributed by atoms with Crippen LogP contribution in [0.2, 0.25) is 0 Å². The van der Waals surface area contributed by atoms with Gasteiger partial charge in [-0.25, -0.2) is 0 Å². The van der Waals surface area contributed by atoms with Crippen molar-refractivity contribution in [1.82, 2.24) is 5.32 Å². The Kier molecular flexibility index (Phi) is 7.29. The number of rotatable bonds is 8. The molecule has 0 radical (unpaired) electrons. The number of carbonyl (C=O) groups is 1. The minimum atomic E-state index is -0.622. The van der Waals surface area contributed by atoms with Crippen LogP contribution in [0.25, 0.3) is 0 Å². The molecule has 0 aliphatic rings. The fourth-order valence-electron chi connectivity index (χ4n) is 1.29. The van der Waals surface area contributed by atoms with Gasteiger partial charge in [-0.2, -0.15) is 0 Å².